The van der Waals surface area contributed by atoms with Gasteiger partial charge in [0, 0.05) is 10.9 Å². The van der Waals surface area contributed by atoms with Gasteiger partial charge in [0.1, 0.15) is 6.10 Å². The average Bonchev–Trinajstić information content (AvgIpc) is 2.98. The molecule has 3 atom stereocenters. The zero-order valence-electron chi connectivity index (χ0n) is 11.9. The number of nitrogens with one attached hydrogen (secondary N) is 2. The molecule has 0 spiro atoms. The number of aliphatic hydroxyl groups excluding tert-OH is 1. The molecule has 3 N–H and O–H groups in total. The number of alkyl halides is 3. The molecule has 0 saturated heterocycles. The first kappa shape index (κ1) is 17.1. The highest BCUT2D eigenvalue weighted by Gasteiger charge is 2.42. The lowest BCUT2D eigenvalue weighted by Gasteiger charge is -2.31. The number of urea groups is 1. The molecule has 1 fully saturated rings. The minimum Gasteiger partial charge on any atom is -0.386 e. The lowest BCUT2D eigenvalue weighted by molar-refractivity contribution is -0.183. The van der Waals surface area contributed by atoms with E-state index in [4.69, 9.17) is 0 Å². The third-order valence-corrected chi connectivity index (χ3v) is 4.77. The first-order valence-electron chi connectivity index (χ1n) is 7.19. The van der Waals surface area contributed by atoms with Gasteiger partial charge in [0.25, 0.3) is 0 Å². The van der Waals surface area contributed by atoms with Crippen molar-refractivity contribution in [3.63, 3.8) is 0 Å². The number of rotatable bonds is 4. The summed E-state index contributed by atoms with van der Waals surface area (Å²) >= 11 is 1.37. The smallest absolute Gasteiger partial charge is 0.386 e. The van der Waals surface area contributed by atoms with Crippen molar-refractivity contribution in [3.05, 3.63) is 22.4 Å². The van der Waals surface area contributed by atoms with E-state index < -0.39 is 30.3 Å². The first-order chi connectivity index (χ1) is 10.4. The predicted octanol–water partition coefficient (Wildman–Crippen LogP) is 3.20. The van der Waals surface area contributed by atoms with Crippen molar-refractivity contribution in [3.8, 4) is 0 Å². The topological polar surface area (TPSA) is 61.4 Å². The van der Waals surface area contributed by atoms with Crippen LogP contribution >= 0.6 is 11.3 Å². The van der Waals surface area contributed by atoms with E-state index in [0.29, 0.717) is 12.8 Å². The Bertz CT molecular complexity index is 479. The molecule has 2 rings (SSSR count). The molecular formula is C14H19F3N2O2S. The maximum absolute atomic E-state index is 12.7. The van der Waals surface area contributed by atoms with Gasteiger partial charge in [0.15, 0.2) is 0 Å². The Morgan fingerprint density at radius 2 is 2.23 bits per heavy atom. The van der Waals surface area contributed by atoms with Gasteiger partial charge >= 0.3 is 12.2 Å². The molecular weight excluding hydrogens is 317 g/mol. The monoisotopic (exact) mass is 336 g/mol. The van der Waals surface area contributed by atoms with Crippen LogP contribution in [0.1, 0.15) is 36.7 Å². The summed E-state index contributed by atoms with van der Waals surface area (Å²) in [7, 11) is 0. The molecule has 1 aromatic rings. The van der Waals surface area contributed by atoms with E-state index in [1.54, 1.807) is 12.1 Å². The van der Waals surface area contributed by atoms with E-state index in [9.17, 15) is 23.1 Å². The lowest BCUT2D eigenvalue weighted by Crippen LogP contribution is -2.46. The van der Waals surface area contributed by atoms with Crippen LogP contribution in [0.2, 0.25) is 0 Å². The number of hydrogen-bond acceptors (Lipinski definition) is 3. The zero-order chi connectivity index (χ0) is 16.2. The van der Waals surface area contributed by atoms with Gasteiger partial charge in [-0.05, 0) is 30.7 Å². The van der Waals surface area contributed by atoms with E-state index in [2.05, 4.69) is 10.6 Å². The summed E-state index contributed by atoms with van der Waals surface area (Å²) in [6, 6.07) is 2.54. The van der Waals surface area contributed by atoms with Crippen LogP contribution in [0.4, 0.5) is 18.0 Å². The summed E-state index contributed by atoms with van der Waals surface area (Å²) in [5, 5.41) is 16.7. The largest absolute Gasteiger partial charge is 0.391 e. The predicted molar refractivity (Wildman–Crippen MR) is 77.6 cm³/mol. The molecule has 8 heteroatoms. The minimum atomic E-state index is -4.20. The van der Waals surface area contributed by atoms with Crippen LogP contribution in [-0.2, 0) is 0 Å². The summed E-state index contributed by atoms with van der Waals surface area (Å²) in [4.78, 5) is 12.5. The molecule has 1 aliphatic carbocycles. The summed E-state index contributed by atoms with van der Waals surface area (Å²) in [6.07, 6.45) is -3.96. The number of amides is 2. The third-order valence-electron chi connectivity index (χ3n) is 3.80. The fourth-order valence-corrected chi connectivity index (χ4v) is 3.34. The molecule has 2 amide bonds. The second kappa shape index (κ2) is 7.32. The molecule has 0 aliphatic heterocycles. The summed E-state index contributed by atoms with van der Waals surface area (Å²) < 4.78 is 38.1. The Kier molecular flexibility index (Phi) is 5.69. The third kappa shape index (κ3) is 4.88. The molecule has 0 aromatic carbocycles. The standard InChI is InChI=1S/C14H19F3N2O2S/c15-14(16,17)9-3-1-4-10(7-9)19-13(21)18-8-11(20)12-5-2-6-22-12/h2,5-6,9-11,20H,1,3-4,7-8H2,(H2,18,19,21)/t9-,10-,11-/m0/s1. The fraction of sp³-hybridized carbons (Fsp3) is 0.643. The number of aliphatic hydroxyl groups is 1. The molecule has 124 valence electrons. The highest BCUT2D eigenvalue weighted by Crippen LogP contribution is 2.37. The molecule has 0 bridgehead atoms. The average molecular weight is 336 g/mol. The SMILES string of the molecule is O=C(NC[C@H](O)c1cccs1)N[C@H]1CCC[C@H](C(F)(F)F)C1. The molecule has 0 radical (unpaired) electrons. The van der Waals surface area contributed by atoms with Crippen LogP contribution in [0.15, 0.2) is 17.5 Å². The van der Waals surface area contributed by atoms with Gasteiger partial charge in [-0.2, -0.15) is 13.2 Å². The van der Waals surface area contributed by atoms with Crippen molar-refractivity contribution in [2.75, 3.05) is 6.54 Å². The van der Waals surface area contributed by atoms with Gasteiger partial charge < -0.3 is 15.7 Å². The normalized spacial score (nSPS) is 23.8. The summed E-state index contributed by atoms with van der Waals surface area (Å²) in [6.45, 7) is 0.0295. The van der Waals surface area contributed by atoms with Gasteiger partial charge in [0.2, 0.25) is 0 Å². The Balaban J connectivity index is 1.75. The highest BCUT2D eigenvalue weighted by atomic mass is 32.1. The second-order valence-corrected chi connectivity index (χ2v) is 6.47. The first-order valence-corrected chi connectivity index (χ1v) is 8.06. The van der Waals surface area contributed by atoms with Crippen molar-refractivity contribution < 1.29 is 23.1 Å². The summed E-state index contributed by atoms with van der Waals surface area (Å²) in [5.41, 5.74) is 0. The second-order valence-electron chi connectivity index (χ2n) is 5.49. The lowest BCUT2D eigenvalue weighted by atomic mass is 9.85. The zero-order valence-corrected chi connectivity index (χ0v) is 12.7. The van der Waals surface area contributed by atoms with Gasteiger partial charge in [-0.3, -0.25) is 0 Å². The van der Waals surface area contributed by atoms with Gasteiger partial charge in [-0.25, -0.2) is 4.79 Å². The molecule has 1 saturated carbocycles. The minimum absolute atomic E-state index is 0.0295. The van der Waals surface area contributed by atoms with Crippen molar-refractivity contribution in [1.29, 1.82) is 0 Å². The van der Waals surface area contributed by atoms with E-state index >= 15 is 0 Å². The number of halogens is 3. The Hall–Kier alpha value is -1.28. The van der Waals surface area contributed by atoms with Gasteiger partial charge in [0.05, 0.1) is 12.5 Å². The van der Waals surface area contributed by atoms with E-state index in [0.717, 1.165) is 4.88 Å². The Morgan fingerprint density at radius 1 is 1.45 bits per heavy atom. The molecule has 1 heterocycles. The van der Waals surface area contributed by atoms with E-state index in [1.165, 1.54) is 11.3 Å². The molecule has 1 aliphatic rings. The maximum atomic E-state index is 12.7. The quantitative estimate of drug-likeness (QED) is 0.791. The highest BCUT2D eigenvalue weighted by molar-refractivity contribution is 7.10. The number of hydrogen-bond donors (Lipinski definition) is 3. The van der Waals surface area contributed by atoms with Crippen LogP contribution in [-0.4, -0.2) is 29.9 Å². The number of thiophene rings is 1. The van der Waals surface area contributed by atoms with Crippen LogP contribution in [0.3, 0.4) is 0 Å². The Morgan fingerprint density at radius 3 is 2.86 bits per heavy atom. The van der Waals surface area contributed by atoms with Crippen molar-refractivity contribution in [2.24, 2.45) is 5.92 Å². The van der Waals surface area contributed by atoms with Crippen LogP contribution in [0, 0.1) is 5.92 Å². The molecule has 4 nitrogen and oxygen atoms in total. The molecule has 22 heavy (non-hydrogen) atoms. The molecule has 1 aromatic heterocycles. The van der Waals surface area contributed by atoms with Gasteiger partial charge in [-0.1, -0.05) is 12.5 Å². The number of carbonyl (C=O) groups is 1. The van der Waals surface area contributed by atoms with E-state index in [-0.39, 0.29) is 19.4 Å². The van der Waals surface area contributed by atoms with E-state index in [1.807, 2.05) is 5.38 Å². The maximum Gasteiger partial charge on any atom is 0.391 e. The Labute approximate surface area is 130 Å². The van der Waals surface area contributed by atoms with Crippen LogP contribution in [0.25, 0.3) is 0 Å². The summed E-state index contributed by atoms with van der Waals surface area (Å²) in [5.74, 6) is -1.34. The fourth-order valence-electron chi connectivity index (χ4n) is 2.63. The molecule has 0 unspecified atom stereocenters. The van der Waals surface area contributed by atoms with Crippen molar-refractivity contribution >= 4 is 17.4 Å². The van der Waals surface area contributed by atoms with Gasteiger partial charge in [-0.15, -0.1) is 11.3 Å². The van der Waals surface area contributed by atoms with Crippen LogP contribution < -0.4 is 10.6 Å². The number of carbonyl (C=O) groups excluding carboxylic acids is 1. The van der Waals surface area contributed by atoms with Crippen LogP contribution in [0.5, 0.6) is 0 Å². The van der Waals surface area contributed by atoms with Crippen molar-refractivity contribution in [2.45, 2.75) is 44.0 Å². The van der Waals surface area contributed by atoms with Crippen molar-refractivity contribution in [1.82, 2.24) is 10.6 Å².